The number of hydrogen-bond donors (Lipinski definition) is 1. The van der Waals surface area contributed by atoms with Gasteiger partial charge in [-0.15, -0.1) is 11.6 Å². The van der Waals surface area contributed by atoms with Crippen LogP contribution in [0.15, 0.2) is 0 Å². The second-order valence-corrected chi connectivity index (χ2v) is 4.77. The molecule has 0 radical (unpaired) electrons. The van der Waals surface area contributed by atoms with E-state index in [0.29, 0.717) is 12.5 Å². The predicted molar refractivity (Wildman–Crippen MR) is 56.7 cm³/mol. The lowest BCUT2D eigenvalue weighted by Gasteiger charge is -2.11. The van der Waals surface area contributed by atoms with Crippen LogP contribution in [-0.2, 0) is 4.74 Å². The minimum Gasteiger partial charge on any atom is -0.371 e. The molecule has 1 rings (SSSR count). The number of rotatable bonds is 6. The van der Waals surface area contributed by atoms with Gasteiger partial charge >= 0.3 is 6.18 Å². The summed E-state index contributed by atoms with van der Waals surface area (Å²) in [5, 5.41) is 3.35. The van der Waals surface area contributed by atoms with Gasteiger partial charge in [0.05, 0.1) is 6.61 Å². The van der Waals surface area contributed by atoms with Gasteiger partial charge in [-0.25, -0.2) is 0 Å². The summed E-state index contributed by atoms with van der Waals surface area (Å²) in [4.78, 5) is 0. The molecule has 6 heteroatoms. The van der Waals surface area contributed by atoms with Crippen molar-refractivity contribution in [3.8, 4) is 0 Å². The first kappa shape index (κ1) is 14.1. The summed E-state index contributed by atoms with van der Waals surface area (Å²) in [6.07, 6.45) is -1.09. The van der Waals surface area contributed by atoms with Gasteiger partial charge in [0.25, 0.3) is 0 Å². The van der Waals surface area contributed by atoms with Crippen molar-refractivity contribution in [1.82, 2.24) is 5.32 Å². The van der Waals surface area contributed by atoms with Crippen LogP contribution in [0.5, 0.6) is 0 Å². The van der Waals surface area contributed by atoms with E-state index in [2.05, 4.69) is 10.1 Å². The van der Waals surface area contributed by atoms with Crippen LogP contribution < -0.4 is 5.32 Å². The van der Waals surface area contributed by atoms with Gasteiger partial charge in [-0.3, -0.25) is 0 Å². The summed E-state index contributed by atoms with van der Waals surface area (Å²) >= 11 is 5.94. The monoisotopic (exact) mass is 259 g/mol. The van der Waals surface area contributed by atoms with E-state index in [1.165, 1.54) is 0 Å². The van der Waals surface area contributed by atoms with Crippen LogP contribution in [-0.4, -0.2) is 37.9 Å². The Kier molecular flexibility index (Phi) is 5.86. The van der Waals surface area contributed by atoms with Gasteiger partial charge in [-0.1, -0.05) is 0 Å². The standard InChI is InChI=1S/C10H17ClF3NO/c11-9-2-1-8(5-9)6-15-3-4-16-7-10(12,13)14/h8-9,15H,1-7H2. The maximum atomic E-state index is 11.7. The first-order valence-electron chi connectivity index (χ1n) is 5.46. The van der Waals surface area contributed by atoms with Gasteiger partial charge in [0.1, 0.15) is 6.61 Å². The lowest BCUT2D eigenvalue weighted by molar-refractivity contribution is -0.173. The van der Waals surface area contributed by atoms with Crippen molar-refractivity contribution in [2.45, 2.75) is 30.8 Å². The number of alkyl halides is 4. The number of halogens is 4. The molecule has 16 heavy (non-hydrogen) atoms. The normalized spacial score (nSPS) is 26.2. The van der Waals surface area contributed by atoms with E-state index in [4.69, 9.17) is 11.6 Å². The number of nitrogens with one attached hydrogen (secondary N) is 1. The Morgan fingerprint density at radius 1 is 1.31 bits per heavy atom. The molecule has 1 fully saturated rings. The molecule has 0 bridgehead atoms. The van der Waals surface area contributed by atoms with Gasteiger partial charge in [0.15, 0.2) is 0 Å². The van der Waals surface area contributed by atoms with Crippen LogP contribution in [0.25, 0.3) is 0 Å². The molecule has 1 N–H and O–H groups in total. The minimum atomic E-state index is -4.22. The van der Waals surface area contributed by atoms with E-state index in [1.807, 2.05) is 0 Å². The third-order valence-electron chi connectivity index (χ3n) is 2.60. The van der Waals surface area contributed by atoms with Crippen molar-refractivity contribution < 1.29 is 17.9 Å². The molecule has 0 aromatic rings. The van der Waals surface area contributed by atoms with Crippen LogP contribution in [0.2, 0.25) is 0 Å². The van der Waals surface area contributed by atoms with Gasteiger partial charge in [-0.2, -0.15) is 13.2 Å². The molecule has 1 aliphatic carbocycles. The first-order chi connectivity index (χ1) is 7.47. The minimum absolute atomic E-state index is 0.0938. The van der Waals surface area contributed by atoms with Crippen molar-refractivity contribution in [3.05, 3.63) is 0 Å². The summed E-state index contributed by atoms with van der Waals surface area (Å²) in [5.41, 5.74) is 0. The fourth-order valence-corrected chi connectivity index (χ4v) is 2.22. The van der Waals surface area contributed by atoms with Crippen LogP contribution in [0.1, 0.15) is 19.3 Å². The van der Waals surface area contributed by atoms with Crippen molar-refractivity contribution in [2.75, 3.05) is 26.3 Å². The largest absolute Gasteiger partial charge is 0.411 e. The Morgan fingerprint density at radius 2 is 2.06 bits per heavy atom. The van der Waals surface area contributed by atoms with E-state index < -0.39 is 12.8 Å². The lowest BCUT2D eigenvalue weighted by Crippen LogP contribution is -2.27. The zero-order valence-electron chi connectivity index (χ0n) is 9.02. The molecular weight excluding hydrogens is 243 g/mol. The molecule has 0 aromatic heterocycles. The number of hydrogen-bond acceptors (Lipinski definition) is 2. The molecular formula is C10H17ClF3NO. The maximum Gasteiger partial charge on any atom is 0.411 e. The zero-order valence-corrected chi connectivity index (χ0v) is 9.78. The van der Waals surface area contributed by atoms with E-state index in [0.717, 1.165) is 25.8 Å². The Bertz CT molecular complexity index is 201. The molecule has 1 saturated carbocycles. The predicted octanol–water partition coefficient (Wildman–Crippen LogP) is 2.56. The molecule has 1 aliphatic rings. The Hall–Kier alpha value is 0. The average molecular weight is 260 g/mol. The second kappa shape index (κ2) is 6.67. The van der Waals surface area contributed by atoms with Gasteiger partial charge < -0.3 is 10.1 Å². The molecule has 0 saturated heterocycles. The van der Waals surface area contributed by atoms with E-state index in [9.17, 15) is 13.2 Å². The second-order valence-electron chi connectivity index (χ2n) is 4.15. The van der Waals surface area contributed by atoms with E-state index >= 15 is 0 Å². The summed E-state index contributed by atoms with van der Waals surface area (Å²) in [7, 11) is 0. The third-order valence-corrected chi connectivity index (χ3v) is 3.00. The van der Waals surface area contributed by atoms with Crippen LogP contribution >= 0.6 is 11.6 Å². The number of ether oxygens (including phenoxy) is 1. The van der Waals surface area contributed by atoms with Gasteiger partial charge in [-0.05, 0) is 31.7 Å². The zero-order chi connectivity index (χ0) is 12.0. The molecule has 2 nitrogen and oxygen atoms in total. The Balaban J connectivity index is 1.89. The van der Waals surface area contributed by atoms with Gasteiger partial charge in [0, 0.05) is 11.9 Å². The summed E-state index contributed by atoms with van der Waals surface area (Å²) in [5.74, 6) is 0.560. The SMILES string of the molecule is FC(F)(F)COCCNCC1CCC(Cl)C1. The highest BCUT2D eigenvalue weighted by Crippen LogP contribution is 2.28. The highest BCUT2D eigenvalue weighted by atomic mass is 35.5. The maximum absolute atomic E-state index is 11.7. The van der Waals surface area contributed by atoms with Crippen molar-refractivity contribution in [1.29, 1.82) is 0 Å². The molecule has 0 aromatic carbocycles. The molecule has 0 spiro atoms. The van der Waals surface area contributed by atoms with E-state index in [-0.39, 0.29) is 12.0 Å². The van der Waals surface area contributed by atoms with Crippen LogP contribution in [0.3, 0.4) is 0 Å². The molecule has 0 heterocycles. The fraction of sp³-hybridized carbons (Fsp3) is 1.00. The summed E-state index contributed by atoms with van der Waals surface area (Å²) < 4.78 is 39.6. The molecule has 0 amide bonds. The Morgan fingerprint density at radius 3 is 2.62 bits per heavy atom. The first-order valence-corrected chi connectivity index (χ1v) is 5.90. The Labute approximate surface area is 98.5 Å². The van der Waals surface area contributed by atoms with Crippen molar-refractivity contribution >= 4 is 11.6 Å². The quantitative estimate of drug-likeness (QED) is 0.585. The summed E-state index contributed by atoms with van der Waals surface area (Å²) in [6.45, 7) is 0.205. The van der Waals surface area contributed by atoms with Crippen LogP contribution in [0.4, 0.5) is 13.2 Å². The average Bonchev–Trinajstić information content (AvgIpc) is 2.56. The highest BCUT2D eigenvalue weighted by Gasteiger charge is 2.27. The molecule has 0 aliphatic heterocycles. The summed E-state index contributed by atoms with van der Waals surface area (Å²) in [6, 6.07) is 0. The van der Waals surface area contributed by atoms with Crippen molar-refractivity contribution in [2.24, 2.45) is 5.92 Å². The molecule has 2 unspecified atom stereocenters. The lowest BCUT2D eigenvalue weighted by atomic mass is 10.1. The van der Waals surface area contributed by atoms with Crippen molar-refractivity contribution in [3.63, 3.8) is 0 Å². The highest BCUT2D eigenvalue weighted by molar-refractivity contribution is 6.20. The van der Waals surface area contributed by atoms with E-state index in [1.54, 1.807) is 0 Å². The van der Waals surface area contributed by atoms with Gasteiger partial charge in [0.2, 0.25) is 0 Å². The topological polar surface area (TPSA) is 21.3 Å². The molecule has 96 valence electrons. The fourth-order valence-electron chi connectivity index (χ4n) is 1.84. The third kappa shape index (κ3) is 6.55. The smallest absolute Gasteiger partial charge is 0.371 e. The molecule has 2 atom stereocenters. The van der Waals surface area contributed by atoms with Crippen LogP contribution in [0, 0.1) is 5.92 Å².